The van der Waals surface area contributed by atoms with Gasteiger partial charge in [-0.25, -0.2) is 9.18 Å². The van der Waals surface area contributed by atoms with Gasteiger partial charge in [-0.3, -0.25) is 4.79 Å². The number of nitrogens with one attached hydrogen (secondary N) is 2. The fourth-order valence-electron chi connectivity index (χ4n) is 1.47. The van der Waals surface area contributed by atoms with Gasteiger partial charge >= 0.3 is 12.0 Å². The summed E-state index contributed by atoms with van der Waals surface area (Å²) in [7, 11) is 0. The summed E-state index contributed by atoms with van der Waals surface area (Å²) in [5.41, 5.74) is -0.482. The lowest BCUT2D eigenvalue weighted by molar-refractivity contribution is -0.138. The Morgan fingerprint density at radius 2 is 2.05 bits per heavy atom. The van der Waals surface area contributed by atoms with Crippen molar-refractivity contribution in [2.24, 2.45) is 0 Å². The highest BCUT2D eigenvalue weighted by Gasteiger charge is 2.23. The van der Waals surface area contributed by atoms with Crippen LogP contribution >= 0.6 is 15.9 Å². The van der Waals surface area contributed by atoms with Crippen LogP contribution in [0.1, 0.15) is 20.3 Å². The van der Waals surface area contributed by atoms with Crippen LogP contribution in [-0.4, -0.2) is 22.6 Å². The van der Waals surface area contributed by atoms with E-state index in [0.29, 0.717) is 5.69 Å². The zero-order valence-corrected chi connectivity index (χ0v) is 12.0. The average Bonchev–Trinajstić information content (AvgIpc) is 2.20. The third kappa shape index (κ3) is 5.25. The molecule has 0 heterocycles. The molecule has 1 aromatic carbocycles. The minimum Gasteiger partial charge on any atom is -0.481 e. The van der Waals surface area contributed by atoms with E-state index >= 15 is 0 Å². The van der Waals surface area contributed by atoms with Crippen LogP contribution in [-0.2, 0) is 4.79 Å². The fourth-order valence-corrected chi connectivity index (χ4v) is 1.84. The number of amides is 2. The van der Waals surface area contributed by atoms with E-state index in [1.807, 2.05) is 0 Å². The first-order valence-electron chi connectivity index (χ1n) is 5.45. The molecule has 0 atom stereocenters. The number of halogens is 2. The van der Waals surface area contributed by atoms with E-state index in [-0.39, 0.29) is 10.9 Å². The van der Waals surface area contributed by atoms with Gasteiger partial charge in [0.2, 0.25) is 0 Å². The Bertz CT molecular complexity index is 506. The van der Waals surface area contributed by atoms with E-state index in [4.69, 9.17) is 5.11 Å². The molecular formula is C12H14BrFN2O3. The topological polar surface area (TPSA) is 78.4 Å². The van der Waals surface area contributed by atoms with Gasteiger partial charge in [-0.2, -0.15) is 0 Å². The number of carboxylic acids is 1. The Hall–Kier alpha value is -1.63. The lowest BCUT2D eigenvalue weighted by Crippen LogP contribution is -2.46. The summed E-state index contributed by atoms with van der Waals surface area (Å²) in [6.45, 7) is 3.20. The summed E-state index contributed by atoms with van der Waals surface area (Å²) < 4.78 is 13.2. The quantitative estimate of drug-likeness (QED) is 0.793. The second-order valence-electron chi connectivity index (χ2n) is 4.66. The normalized spacial score (nSPS) is 10.9. The predicted octanol–water partition coefficient (Wildman–Crippen LogP) is 2.96. The van der Waals surface area contributed by atoms with Gasteiger partial charge in [0, 0.05) is 11.2 Å². The first kappa shape index (κ1) is 15.4. The van der Waals surface area contributed by atoms with E-state index in [9.17, 15) is 14.0 Å². The lowest BCUT2D eigenvalue weighted by Gasteiger charge is -2.24. The molecule has 0 saturated carbocycles. The first-order valence-corrected chi connectivity index (χ1v) is 6.25. The van der Waals surface area contributed by atoms with Crippen LogP contribution < -0.4 is 10.6 Å². The van der Waals surface area contributed by atoms with Crippen molar-refractivity contribution in [1.82, 2.24) is 5.32 Å². The molecule has 5 nitrogen and oxygen atoms in total. The van der Waals surface area contributed by atoms with Gasteiger partial charge in [-0.1, -0.05) is 0 Å². The molecule has 0 bridgehead atoms. The molecule has 0 aromatic heterocycles. The van der Waals surface area contributed by atoms with Gasteiger partial charge in [-0.15, -0.1) is 0 Å². The van der Waals surface area contributed by atoms with E-state index < -0.39 is 23.4 Å². The fraction of sp³-hybridized carbons (Fsp3) is 0.333. The number of hydrogen-bond acceptors (Lipinski definition) is 2. The van der Waals surface area contributed by atoms with Crippen molar-refractivity contribution in [2.75, 3.05) is 5.32 Å². The molecule has 0 saturated heterocycles. The lowest BCUT2D eigenvalue weighted by atomic mass is 10.0. The van der Waals surface area contributed by atoms with Crippen LogP contribution in [0.25, 0.3) is 0 Å². The highest BCUT2D eigenvalue weighted by Crippen LogP contribution is 2.20. The molecule has 3 N–H and O–H groups in total. The smallest absolute Gasteiger partial charge is 0.319 e. The van der Waals surface area contributed by atoms with E-state index in [0.717, 1.165) is 0 Å². The maximum atomic E-state index is 13.0. The molecule has 0 aliphatic carbocycles. The third-order valence-corrected chi connectivity index (χ3v) is 2.83. The number of carbonyl (C=O) groups is 2. The number of aliphatic carboxylic acids is 1. The Balaban J connectivity index is 2.64. The SMILES string of the molecule is CC(C)(CC(=O)O)NC(=O)Nc1ccc(F)c(Br)c1. The number of hydrogen-bond donors (Lipinski definition) is 3. The summed E-state index contributed by atoms with van der Waals surface area (Å²) in [4.78, 5) is 22.3. The second kappa shape index (κ2) is 6.01. The molecule has 0 spiro atoms. The molecule has 0 aliphatic rings. The van der Waals surface area contributed by atoms with Crippen molar-refractivity contribution < 1.29 is 19.1 Å². The standard InChI is InChI=1S/C12H14BrFN2O3/c1-12(2,6-10(17)18)16-11(19)15-7-3-4-9(14)8(13)5-7/h3-5H,6H2,1-2H3,(H,17,18)(H2,15,16,19). The van der Waals surface area contributed by atoms with Gasteiger partial charge < -0.3 is 15.7 Å². The largest absolute Gasteiger partial charge is 0.481 e. The van der Waals surface area contributed by atoms with Gasteiger partial charge in [0.15, 0.2) is 0 Å². The van der Waals surface area contributed by atoms with Crippen molar-refractivity contribution in [1.29, 1.82) is 0 Å². The minimum atomic E-state index is -1.00. The van der Waals surface area contributed by atoms with Crippen molar-refractivity contribution in [3.05, 3.63) is 28.5 Å². The molecule has 0 aliphatic heterocycles. The average molecular weight is 333 g/mol. The second-order valence-corrected chi connectivity index (χ2v) is 5.52. The first-order chi connectivity index (χ1) is 8.69. The van der Waals surface area contributed by atoms with Crippen LogP contribution in [0.5, 0.6) is 0 Å². The van der Waals surface area contributed by atoms with E-state index in [1.165, 1.54) is 18.2 Å². The minimum absolute atomic E-state index is 0.201. The number of urea groups is 1. The molecule has 1 aromatic rings. The molecular weight excluding hydrogens is 319 g/mol. The molecule has 0 fully saturated rings. The Morgan fingerprint density at radius 3 is 2.58 bits per heavy atom. The summed E-state index contributed by atoms with van der Waals surface area (Å²) in [5, 5.41) is 13.7. The number of benzene rings is 1. The van der Waals surface area contributed by atoms with Crippen LogP contribution in [0.3, 0.4) is 0 Å². The van der Waals surface area contributed by atoms with Gasteiger partial charge in [0.05, 0.1) is 10.9 Å². The number of rotatable bonds is 4. The third-order valence-electron chi connectivity index (χ3n) is 2.22. The van der Waals surface area contributed by atoms with Crippen molar-refractivity contribution in [2.45, 2.75) is 25.8 Å². The van der Waals surface area contributed by atoms with Crippen LogP contribution in [0.4, 0.5) is 14.9 Å². The summed E-state index contributed by atoms with van der Waals surface area (Å²) in [6.07, 6.45) is -0.201. The van der Waals surface area contributed by atoms with E-state index in [1.54, 1.807) is 13.8 Å². The predicted molar refractivity (Wildman–Crippen MR) is 72.6 cm³/mol. The zero-order valence-electron chi connectivity index (χ0n) is 10.5. The monoisotopic (exact) mass is 332 g/mol. The highest BCUT2D eigenvalue weighted by atomic mass is 79.9. The summed E-state index contributed by atoms with van der Waals surface area (Å²) >= 11 is 3.01. The van der Waals surface area contributed by atoms with Gasteiger partial charge in [0.1, 0.15) is 5.82 Å². The molecule has 104 valence electrons. The van der Waals surface area contributed by atoms with Crippen molar-refractivity contribution >= 4 is 33.6 Å². The zero-order chi connectivity index (χ0) is 14.6. The Morgan fingerprint density at radius 1 is 1.42 bits per heavy atom. The van der Waals surface area contributed by atoms with E-state index in [2.05, 4.69) is 26.6 Å². The number of carboxylic acid groups (broad SMARTS) is 1. The van der Waals surface area contributed by atoms with Gasteiger partial charge in [-0.05, 0) is 48.0 Å². The molecule has 0 radical (unpaired) electrons. The summed E-state index contributed by atoms with van der Waals surface area (Å²) in [5.74, 6) is -1.44. The Labute approximate surface area is 118 Å². The maximum absolute atomic E-state index is 13.0. The maximum Gasteiger partial charge on any atom is 0.319 e. The van der Waals surface area contributed by atoms with Crippen molar-refractivity contribution in [3.8, 4) is 0 Å². The summed E-state index contributed by atoms with van der Waals surface area (Å²) in [6, 6.07) is 3.48. The highest BCUT2D eigenvalue weighted by molar-refractivity contribution is 9.10. The molecule has 7 heteroatoms. The van der Waals surface area contributed by atoms with Crippen LogP contribution in [0.15, 0.2) is 22.7 Å². The number of anilines is 1. The molecule has 0 unspecified atom stereocenters. The van der Waals surface area contributed by atoms with Crippen molar-refractivity contribution in [3.63, 3.8) is 0 Å². The van der Waals surface area contributed by atoms with Crippen LogP contribution in [0, 0.1) is 5.82 Å². The van der Waals surface area contributed by atoms with Crippen LogP contribution in [0.2, 0.25) is 0 Å². The molecule has 1 rings (SSSR count). The molecule has 2 amide bonds. The van der Waals surface area contributed by atoms with Gasteiger partial charge in [0.25, 0.3) is 0 Å². The number of carbonyl (C=O) groups excluding carboxylic acids is 1. The Kier molecular flexibility index (Phi) is 4.88. The molecule has 19 heavy (non-hydrogen) atoms.